The van der Waals surface area contributed by atoms with Gasteiger partial charge in [0.2, 0.25) is 10.0 Å². The van der Waals surface area contributed by atoms with E-state index in [1.807, 2.05) is 6.92 Å². The van der Waals surface area contributed by atoms with Crippen LogP contribution in [0.15, 0.2) is 12.2 Å². The summed E-state index contributed by atoms with van der Waals surface area (Å²) in [4.78, 5) is 0. The van der Waals surface area contributed by atoms with Gasteiger partial charge in [-0.3, -0.25) is 0 Å². The van der Waals surface area contributed by atoms with E-state index in [1.54, 1.807) is 4.31 Å². The Morgan fingerprint density at radius 2 is 2.05 bits per heavy atom. The third kappa shape index (κ3) is 2.81. The number of piperidine rings is 1. The molecule has 3 unspecified atom stereocenters. The molecule has 2 aliphatic carbocycles. The molecule has 3 aliphatic rings. The fraction of sp³-hybridized carbons (Fsp3) is 0.867. The van der Waals surface area contributed by atoms with Crippen molar-refractivity contribution in [2.75, 3.05) is 18.8 Å². The van der Waals surface area contributed by atoms with Crippen LogP contribution in [0, 0.1) is 11.8 Å². The van der Waals surface area contributed by atoms with Crippen LogP contribution in [-0.2, 0) is 10.0 Å². The number of rotatable bonds is 5. The molecule has 0 aromatic heterocycles. The molecule has 0 spiro atoms. The van der Waals surface area contributed by atoms with Gasteiger partial charge in [0.25, 0.3) is 0 Å². The highest BCUT2D eigenvalue weighted by Crippen LogP contribution is 2.43. The maximum atomic E-state index is 12.0. The lowest BCUT2D eigenvalue weighted by Crippen LogP contribution is -2.54. The Balaban J connectivity index is 1.46. The lowest BCUT2D eigenvalue weighted by Gasteiger charge is -2.44. The van der Waals surface area contributed by atoms with Crippen LogP contribution in [0.4, 0.5) is 0 Å². The van der Waals surface area contributed by atoms with Crippen molar-refractivity contribution in [3.63, 3.8) is 0 Å². The van der Waals surface area contributed by atoms with Crippen LogP contribution in [0.25, 0.3) is 0 Å². The Morgan fingerprint density at radius 1 is 1.30 bits per heavy atom. The quantitative estimate of drug-likeness (QED) is 0.787. The summed E-state index contributed by atoms with van der Waals surface area (Å²) >= 11 is 0. The molecule has 20 heavy (non-hydrogen) atoms. The standard InChI is InChI=1S/C15H26N2O2S/c1-2-10-20(18,19)17-8-6-13(7-9-17)16-15-11-12-4-3-5-14(12)15/h3,5,12-16H,2,4,6-11H2,1H3. The maximum Gasteiger partial charge on any atom is 0.214 e. The Kier molecular flexibility index (Phi) is 4.20. The summed E-state index contributed by atoms with van der Waals surface area (Å²) < 4.78 is 25.7. The van der Waals surface area contributed by atoms with Gasteiger partial charge in [0.05, 0.1) is 5.75 Å². The zero-order chi connectivity index (χ0) is 14.2. The highest BCUT2D eigenvalue weighted by atomic mass is 32.2. The zero-order valence-electron chi connectivity index (χ0n) is 12.3. The van der Waals surface area contributed by atoms with Crippen LogP contribution >= 0.6 is 0 Å². The number of nitrogens with one attached hydrogen (secondary N) is 1. The summed E-state index contributed by atoms with van der Waals surface area (Å²) in [5, 5.41) is 3.76. The number of sulfonamides is 1. The van der Waals surface area contributed by atoms with Crippen LogP contribution < -0.4 is 5.32 Å². The summed E-state index contributed by atoms with van der Waals surface area (Å²) in [6, 6.07) is 1.14. The van der Waals surface area contributed by atoms with Gasteiger partial charge in [-0.1, -0.05) is 19.1 Å². The summed E-state index contributed by atoms with van der Waals surface area (Å²) in [5.74, 6) is 1.93. The van der Waals surface area contributed by atoms with Crippen molar-refractivity contribution < 1.29 is 8.42 Å². The van der Waals surface area contributed by atoms with Crippen molar-refractivity contribution in [2.45, 2.75) is 51.1 Å². The molecule has 114 valence electrons. The van der Waals surface area contributed by atoms with Gasteiger partial charge in [0, 0.05) is 25.2 Å². The average molecular weight is 298 g/mol. The molecular weight excluding hydrogens is 272 g/mol. The largest absolute Gasteiger partial charge is 0.311 e. The SMILES string of the molecule is CCCS(=O)(=O)N1CCC(NC2CC3CC=CC32)CC1. The molecule has 0 bridgehead atoms. The minimum absolute atomic E-state index is 0.294. The van der Waals surface area contributed by atoms with Gasteiger partial charge in [0.1, 0.15) is 0 Å². The van der Waals surface area contributed by atoms with Crippen molar-refractivity contribution in [1.29, 1.82) is 0 Å². The lowest BCUT2D eigenvalue weighted by molar-refractivity contribution is 0.136. The summed E-state index contributed by atoms with van der Waals surface area (Å²) in [6.07, 6.45) is 9.87. The Bertz CT molecular complexity index is 466. The van der Waals surface area contributed by atoms with Crippen molar-refractivity contribution in [2.24, 2.45) is 11.8 Å². The highest BCUT2D eigenvalue weighted by molar-refractivity contribution is 7.89. The molecule has 3 atom stereocenters. The molecule has 1 N–H and O–H groups in total. The van der Waals surface area contributed by atoms with E-state index in [9.17, 15) is 8.42 Å². The molecule has 4 nitrogen and oxygen atoms in total. The Labute approximate surface area is 122 Å². The molecule has 1 saturated heterocycles. The minimum Gasteiger partial charge on any atom is -0.311 e. The average Bonchev–Trinajstić information content (AvgIpc) is 2.78. The van der Waals surface area contributed by atoms with Gasteiger partial charge >= 0.3 is 0 Å². The first-order valence-corrected chi connectivity index (χ1v) is 9.61. The Hall–Kier alpha value is -0.390. The number of fused-ring (bicyclic) bond motifs is 1. The predicted octanol–water partition coefficient (Wildman–Crippen LogP) is 1.74. The van der Waals surface area contributed by atoms with Gasteiger partial charge < -0.3 is 5.32 Å². The molecule has 0 radical (unpaired) electrons. The van der Waals surface area contributed by atoms with Crippen molar-refractivity contribution in [3.05, 3.63) is 12.2 Å². The topological polar surface area (TPSA) is 49.4 Å². The first-order valence-electron chi connectivity index (χ1n) is 8.00. The fourth-order valence-electron chi connectivity index (χ4n) is 3.90. The second-order valence-corrected chi connectivity index (χ2v) is 8.59. The van der Waals surface area contributed by atoms with Gasteiger partial charge in [-0.2, -0.15) is 0 Å². The van der Waals surface area contributed by atoms with Crippen LogP contribution in [0.5, 0.6) is 0 Å². The van der Waals surface area contributed by atoms with Crippen LogP contribution in [-0.4, -0.2) is 43.6 Å². The number of hydrogen-bond donors (Lipinski definition) is 1. The van der Waals surface area contributed by atoms with Gasteiger partial charge in [-0.15, -0.1) is 0 Å². The van der Waals surface area contributed by atoms with Gasteiger partial charge in [-0.05, 0) is 43.9 Å². The number of hydrogen-bond acceptors (Lipinski definition) is 3. The summed E-state index contributed by atoms with van der Waals surface area (Å²) in [6.45, 7) is 3.31. The van der Waals surface area contributed by atoms with Crippen LogP contribution in [0.2, 0.25) is 0 Å². The smallest absolute Gasteiger partial charge is 0.214 e. The van der Waals surface area contributed by atoms with E-state index in [-0.39, 0.29) is 0 Å². The lowest BCUT2D eigenvalue weighted by atomic mass is 9.71. The molecule has 5 heteroatoms. The molecular formula is C15H26N2O2S. The molecule has 1 aliphatic heterocycles. The van der Waals surface area contributed by atoms with Crippen LogP contribution in [0.1, 0.15) is 39.0 Å². The molecule has 0 aromatic carbocycles. The molecule has 2 fully saturated rings. The van der Waals surface area contributed by atoms with E-state index < -0.39 is 10.0 Å². The first-order chi connectivity index (χ1) is 9.60. The number of allylic oxidation sites excluding steroid dienone is 1. The zero-order valence-corrected chi connectivity index (χ0v) is 13.1. The van der Waals surface area contributed by atoms with E-state index in [0.29, 0.717) is 37.3 Å². The van der Waals surface area contributed by atoms with E-state index in [0.717, 1.165) is 24.7 Å². The maximum absolute atomic E-state index is 12.0. The first kappa shape index (κ1) is 14.5. The number of nitrogens with zero attached hydrogens (tertiary/aromatic N) is 1. The third-order valence-corrected chi connectivity index (χ3v) is 7.20. The molecule has 0 aromatic rings. The normalized spacial score (nSPS) is 35.0. The summed E-state index contributed by atoms with van der Waals surface area (Å²) in [7, 11) is -3.00. The van der Waals surface area contributed by atoms with E-state index >= 15 is 0 Å². The van der Waals surface area contributed by atoms with Crippen molar-refractivity contribution >= 4 is 10.0 Å². The molecule has 1 saturated carbocycles. The van der Waals surface area contributed by atoms with Gasteiger partial charge in [0.15, 0.2) is 0 Å². The van der Waals surface area contributed by atoms with Crippen LogP contribution in [0.3, 0.4) is 0 Å². The van der Waals surface area contributed by atoms with E-state index in [4.69, 9.17) is 0 Å². The summed E-state index contributed by atoms with van der Waals surface area (Å²) in [5.41, 5.74) is 0. The van der Waals surface area contributed by atoms with E-state index in [1.165, 1.54) is 12.8 Å². The third-order valence-electron chi connectivity index (χ3n) is 5.12. The monoisotopic (exact) mass is 298 g/mol. The minimum atomic E-state index is -3.00. The highest BCUT2D eigenvalue weighted by Gasteiger charge is 2.42. The Morgan fingerprint density at radius 3 is 2.70 bits per heavy atom. The fourth-order valence-corrected chi connectivity index (χ4v) is 5.44. The van der Waals surface area contributed by atoms with E-state index in [2.05, 4.69) is 17.5 Å². The van der Waals surface area contributed by atoms with Crippen molar-refractivity contribution in [1.82, 2.24) is 9.62 Å². The van der Waals surface area contributed by atoms with Crippen molar-refractivity contribution in [3.8, 4) is 0 Å². The van der Waals surface area contributed by atoms with Gasteiger partial charge in [-0.25, -0.2) is 12.7 Å². The predicted molar refractivity (Wildman–Crippen MR) is 81.0 cm³/mol. The second-order valence-electron chi connectivity index (χ2n) is 6.50. The molecule has 1 heterocycles. The second kappa shape index (κ2) is 5.78. The molecule has 0 amide bonds. The molecule has 3 rings (SSSR count).